The minimum atomic E-state index is -0.959. The number of hydrogen-bond donors (Lipinski definition) is 0. The number of benzene rings is 3. The summed E-state index contributed by atoms with van der Waals surface area (Å²) in [6.45, 7) is 5.59. The molecule has 3 aromatic rings. The number of carbonyl (C=O) groups excluding carboxylic acids is 3. The molecule has 4 rings (SSSR count). The molecule has 1 aliphatic rings. The molecule has 3 aromatic carbocycles. The molecule has 0 radical (unpaired) electrons. The molecule has 7 nitrogen and oxygen atoms in total. The van der Waals surface area contributed by atoms with Crippen molar-refractivity contribution >= 4 is 17.9 Å². The predicted molar refractivity (Wildman–Crippen MR) is 132 cm³/mol. The lowest BCUT2D eigenvalue weighted by Crippen LogP contribution is -2.40. The Labute approximate surface area is 209 Å². The van der Waals surface area contributed by atoms with Crippen molar-refractivity contribution in [2.24, 2.45) is 0 Å². The summed E-state index contributed by atoms with van der Waals surface area (Å²) >= 11 is 0. The van der Waals surface area contributed by atoms with Crippen LogP contribution in [0.3, 0.4) is 0 Å². The Balaban J connectivity index is 1.47. The van der Waals surface area contributed by atoms with Gasteiger partial charge in [0, 0.05) is 0 Å². The molecule has 0 bridgehead atoms. The van der Waals surface area contributed by atoms with Crippen molar-refractivity contribution in [3.05, 3.63) is 106 Å². The molecule has 0 saturated carbocycles. The van der Waals surface area contributed by atoms with Crippen molar-refractivity contribution in [2.45, 2.75) is 39.1 Å². The molecule has 3 atom stereocenters. The number of ether oxygens (including phenoxy) is 4. The van der Waals surface area contributed by atoms with Gasteiger partial charge in [-0.1, -0.05) is 53.1 Å². The fourth-order valence-electron chi connectivity index (χ4n) is 3.75. The lowest BCUT2D eigenvalue weighted by molar-refractivity contribution is -0.0433. The molecule has 0 amide bonds. The van der Waals surface area contributed by atoms with Gasteiger partial charge >= 0.3 is 17.9 Å². The Hall–Kier alpha value is -3.97. The van der Waals surface area contributed by atoms with E-state index < -0.39 is 36.2 Å². The van der Waals surface area contributed by atoms with Crippen LogP contribution < -0.4 is 0 Å². The third kappa shape index (κ3) is 6.17. The highest BCUT2D eigenvalue weighted by molar-refractivity contribution is 5.91. The number of carbonyl (C=O) groups is 3. The molecule has 0 N–H and O–H groups in total. The van der Waals surface area contributed by atoms with Crippen molar-refractivity contribution in [3.8, 4) is 0 Å². The third-order valence-corrected chi connectivity index (χ3v) is 5.95. The van der Waals surface area contributed by atoms with Crippen LogP contribution in [-0.2, 0) is 18.9 Å². The van der Waals surface area contributed by atoms with Gasteiger partial charge in [-0.25, -0.2) is 14.4 Å². The van der Waals surface area contributed by atoms with E-state index in [4.69, 9.17) is 18.9 Å². The zero-order valence-electron chi connectivity index (χ0n) is 20.4. The average Bonchev–Trinajstić information content (AvgIpc) is 3.24. The first-order valence-corrected chi connectivity index (χ1v) is 11.7. The first-order chi connectivity index (χ1) is 17.3. The molecular weight excluding hydrogens is 460 g/mol. The van der Waals surface area contributed by atoms with Gasteiger partial charge in [0.15, 0.2) is 12.2 Å². The fourth-order valence-corrected chi connectivity index (χ4v) is 3.75. The summed E-state index contributed by atoms with van der Waals surface area (Å²) in [5, 5.41) is 0. The fraction of sp³-hybridized carbons (Fsp3) is 0.276. The van der Waals surface area contributed by atoms with Gasteiger partial charge in [0.2, 0.25) is 0 Å². The van der Waals surface area contributed by atoms with Gasteiger partial charge in [0.1, 0.15) is 12.7 Å². The Kier molecular flexibility index (Phi) is 7.80. The van der Waals surface area contributed by atoms with Crippen molar-refractivity contribution in [1.82, 2.24) is 0 Å². The van der Waals surface area contributed by atoms with Crippen LogP contribution >= 0.6 is 0 Å². The molecule has 186 valence electrons. The smallest absolute Gasteiger partial charge is 0.338 e. The second-order valence-corrected chi connectivity index (χ2v) is 8.88. The maximum atomic E-state index is 12.9. The number of rotatable bonds is 7. The van der Waals surface area contributed by atoms with Gasteiger partial charge in [-0.05, 0) is 57.2 Å². The average molecular weight is 489 g/mol. The second kappa shape index (κ2) is 11.2. The van der Waals surface area contributed by atoms with Gasteiger partial charge in [-0.3, -0.25) is 0 Å². The molecule has 1 heterocycles. The maximum absolute atomic E-state index is 12.9. The van der Waals surface area contributed by atoms with E-state index in [-0.39, 0.29) is 13.2 Å². The van der Waals surface area contributed by atoms with E-state index in [1.54, 1.807) is 48.5 Å². The summed E-state index contributed by atoms with van der Waals surface area (Å²) in [6.07, 6.45) is -2.63. The predicted octanol–water partition coefficient (Wildman–Crippen LogP) is 4.62. The van der Waals surface area contributed by atoms with E-state index in [1.807, 2.05) is 45.0 Å². The SMILES string of the molecule is Cc1ccc(C(=O)OC[C@@H]2OC[C@@H](OC(=O)c3ccc(C)cc3)[C@H]2OC(=O)c2ccc(C)cc2)cc1. The monoisotopic (exact) mass is 488 g/mol. The lowest BCUT2D eigenvalue weighted by atomic mass is 10.1. The highest BCUT2D eigenvalue weighted by atomic mass is 16.6. The zero-order valence-corrected chi connectivity index (χ0v) is 20.4. The van der Waals surface area contributed by atoms with Crippen molar-refractivity contribution in [1.29, 1.82) is 0 Å². The van der Waals surface area contributed by atoms with E-state index in [1.165, 1.54) is 0 Å². The van der Waals surface area contributed by atoms with Crippen molar-refractivity contribution < 1.29 is 33.3 Å². The van der Waals surface area contributed by atoms with Crippen molar-refractivity contribution in [2.75, 3.05) is 13.2 Å². The van der Waals surface area contributed by atoms with Gasteiger partial charge in [0.25, 0.3) is 0 Å². The van der Waals surface area contributed by atoms with Crippen LogP contribution in [0.15, 0.2) is 72.8 Å². The van der Waals surface area contributed by atoms with Crippen LogP contribution in [0.1, 0.15) is 47.8 Å². The van der Waals surface area contributed by atoms with Gasteiger partial charge < -0.3 is 18.9 Å². The quantitative estimate of drug-likeness (QED) is 0.354. The first kappa shape index (κ1) is 25.1. The zero-order chi connectivity index (χ0) is 25.7. The summed E-state index contributed by atoms with van der Waals surface area (Å²) in [5.41, 5.74) is 4.16. The van der Waals surface area contributed by atoms with Crippen LogP contribution in [0, 0.1) is 20.8 Å². The molecule has 0 spiro atoms. The van der Waals surface area contributed by atoms with E-state index in [0.29, 0.717) is 16.7 Å². The molecule has 1 saturated heterocycles. The Morgan fingerprint density at radius 2 is 1.08 bits per heavy atom. The number of esters is 3. The van der Waals surface area contributed by atoms with Crippen LogP contribution in [0.25, 0.3) is 0 Å². The van der Waals surface area contributed by atoms with Crippen LogP contribution in [0.4, 0.5) is 0 Å². The summed E-state index contributed by atoms with van der Waals surface area (Å²) in [5.74, 6) is -1.67. The summed E-state index contributed by atoms with van der Waals surface area (Å²) < 4.78 is 22.6. The molecule has 0 aliphatic carbocycles. The second-order valence-electron chi connectivity index (χ2n) is 8.88. The summed E-state index contributed by atoms with van der Waals surface area (Å²) in [4.78, 5) is 38.1. The largest absolute Gasteiger partial charge is 0.459 e. The molecular formula is C29H28O7. The molecule has 7 heteroatoms. The Bertz CT molecular complexity index is 1210. The normalized spacial score (nSPS) is 18.9. The van der Waals surface area contributed by atoms with E-state index >= 15 is 0 Å². The minimum Gasteiger partial charge on any atom is -0.459 e. The van der Waals surface area contributed by atoms with E-state index in [2.05, 4.69) is 0 Å². The molecule has 1 fully saturated rings. The highest BCUT2D eigenvalue weighted by Gasteiger charge is 2.44. The first-order valence-electron chi connectivity index (χ1n) is 11.7. The van der Waals surface area contributed by atoms with Gasteiger partial charge in [-0.15, -0.1) is 0 Å². The number of aryl methyl sites for hydroxylation is 3. The Morgan fingerprint density at radius 1 is 0.667 bits per heavy atom. The highest BCUT2D eigenvalue weighted by Crippen LogP contribution is 2.24. The third-order valence-electron chi connectivity index (χ3n) is 5.95. The van der Waals surface area contributed by atoms with Crippen LogP contribution in [0.2, 0.25) is 0 Å². The van der Waals surface area contributed by atoms with Crippen LogP contribution in [-0.4, -0.2) is 49.4 Å². The Morgan fingerprint density at radius 3 is 1.56 bits per heavy atom. The van der Waals surface area contributed by atoms with Gasteiger partial charge in [0.05, 0.1) is 23.3 Å². The topological polar surface area (TPSA) is 88.1 Å². The van der Waals surface area contributed by atoms with Gasteiger partial charge in [-0.2, -0.15) is 0 Å². The van der Waals surface area contributed by atoms with E-state index in [0.717, 1.165) is 16.7 Å². The standard InChI is InChI=1S/C29H28O7/c1-18-4-10-21(11-5-18)27(30)34-16-24-26(36-29(32)23-14-8-20(3)9-15-23)25(17-33-24)35-28(31)22-12-6-19(2)7-13-22/h4-15,24-26H,16-17H2,1-3H3/t24-,25+,26-/m0/s1. The van der Waals surface area contributed by atoms with Crippen molar-refractivity contribution in [3.63, 3.8) is 0 Å². The maximum Gasteiger partial charge on any atom is 0.338 e. The summed E-state index contributed by atoms with van der Waals surface area (Å²) in [6, 6.07) is 20.9. The molecule has 36 heavy (non-hydrogen) atoms. The molecule has 0 unspecified atom stereocenters. The van der Waals surface area contributed by atoms with Crippen LogP contribution in [0.5, 0.6) is 0 Å². The summed E-state index contributed by atoms with van der Waals surface area (Å²) in [7, 11) is 0. The lowest BCUT2D eigenvalue weighted by Gasteiger charge is -2.23. The number of hydrogen-bond acceptors (Lipinski definition) is 7. The van der Waals surface area contributed by atoms with E-state index in [9.17, 15) is 14.4 Å². The molecule has 1 aliphatic heterocycles. The molecule has 0 aromatic heterocycles. The minimum absolute atomic E-state index is 0.00378.